The second-order valence-corrected chi connectivity index (χ2v) is 5.96. The molecule has 0 bridgehead atoms. The average molecular weight is 303 g/mol. The number of benzene rings is 1. The maximum atomic E-state index is 11.1. The number of anilines is 1. The van der Waals surface area contributed by atoms with E-state index >= 15 is 0 Å². The molecule has 118 valence electrons. The van der Waals surface area contributed by atoms with E-state index in [9.17, 15) is 10.1 Å². The summed E-state index contributed by atoms with van der Waals surface area (Å²) in [6.45, 7) is 5.64. The molecule has 1 aliphatic rings. The van der Waals surface area contributed by atoms with Crippen LogP contribution in [-0.4, -0.2) is 24.2 Å². The van der Waals surface area contributed by atoms with Gasteiger partial charge in [0.05, 0.1) is 22.7 Å². The molecule has 0 amide bonds. The van der Waals surface area contributed by atoms with E-state index in [4.69, 9.17) is 10.00 Å². The Hall–Kier alpha value is -2.13. The molecule has 1 heterocycles. The van der Waals surface area contributed by atoms with Gasteiger partial charge in [-0.05, 0) is 30.9 Å². The maximum absolute atomic E-state index is 11.1. The highest BCUT2D eigenvalue weighted by molar-refractivity contribution is 5.64. The van der Waals surface area contributed by atoms with Crippen LogP contribution >= 0.6 is 0 Å². The number of nitro benzene ring substituents is 1. The lowest BCUT2D eigenvalue weighted by molar-refractivity contribution is -0.384. The predicted octanol–water partition coefficient (Wildman–Crippen LogP) is 3.33. The maximum Gasteiger partial charge on any atom is 0.292 e. The average Bonchev–Trinajstić information content (AvgIpc) is 2.52. The highest BCUT2D eigenvalue weighted by Crippen LogP contribution is 2.29. The molecule has 1 aliphatic heterocycles. The minimum absolute atomic E-state index is 0.00294. The molecule has 0 saturated carbocycles. The summed E-state index contributed by atoms with van der Waals surface area (Å²) in [5.41, 5.74) is 0.808. The van der Waals surface area contributed by atoms with Crippen molar-refractivity contribution in [3.05, 3.63) is 33.9 Å². The highest BCUT2D eigenvalue weighted by Gasteiger charge is 2.28. The molecule has 6 nitrogen and oxygen atoms in total. The Morgan fingerprint density at radius 2 is 2.32 bits per heavy atom. The van der Waals surface area contributed by atoms with Crippen LogP contribution in [0.15, 0.2) is 18.2 Å². The molecule has 6 heteroatoms. The number of rotatable bonds is 5. The van der Waals surface area contributed by atoms with Gasteiger partial charge in [-0.15, -0.1) is 0 Å². The lowest BCUT2D eigenvalue weighted by Crippen LogP contribution is -2.37. The van der Waals surface area contributed by atoms with Gasteiger partial charge in [-0.2, -0.15) is 5.26 Å². The zero-order valence-corrected chi connectivity index (χ0v) is 12.9. The molecule has 1 saturated heterocycles. The van der Waals surface area contributed by atoms with Crippen molar-refractivity contribution in [1.82, 2.24) is 0 Å². The lowest BCUT2D eigenvalue weighted by Gasteiger charge is -2.34. The first-order valence-corrected chi connectivity index (χ1v) is 7.57. The van der Waals surface area contributed by atoms with Crippen molar-refractivity contribution in [3.8, 4) is 6.07 Å². The number of nitrogens with zero attached hydrogens (tertiary/aromatic N) is 2. The molecule has 2 rings (SSSR count). The van der Waals surface area contributed by atoms with Crippen LogP contribution in [0.25, 0.3) is 0 Å². The van der Waals surface area contributed by atoms with Crippen molar-refractivity contribution in [2.45, 2.75) is 32.8 Å². The fourth-order valence-corrected chi connectivity index (χ4v) is 2.97. The van der Waals surface area contributed by atoms with Gasteiger partial charge in [0.2, 0.25) is 0 Å². The molecule has 0 aromatic heterocycles. The molecule has 1 aromatic rings. The Morgan fingerprint density at radius 1 is 1.55 bits per heavy atom. The summed E-state index contributed by atoms with van der Waals surface area (Å²) in [7, 11) is 0. The molecule has 0 spiro atoms. The zero-order chi connectivity index (χ0) is 16.1. The van der Waals surface area contributed by atoms with Gasteiger partial charge in [-0.3, -0.25) is 10.1 Å². The van der Waals surface area contributed by atoms with Crippen LogP contribution in [0.5, 0.6) is 0 Å². The molecule has 1 aromatic carbocycles. The quantitative estimate of drug-likeness (QED) is 0.665. The second kappa shape index (κ2) is 7.23. The van der Waals surface area contributed by atoms with Gasteiger partial charge in [0.15, 0.2) is 0 Å². The molecule has 0 radical (unpaired) electrons. The molecule has 2 unspecified atom stereocenters. The van der Waals surface area contributed by atoms with Crippen molar-refractivity contribution in [1.29, 1.82) is 5.26 Å². The first-order chi connectivity index (χ1) is 10.5. The van der Waals surface area contributed by atoms with Crippen molar-refractivity contribution in [3.63, 3.8) is 0 Å². The Labute approximate surface area is 130 Å². The molecule has 22 heavy (non-hydrogen) atoms. The molecule has 2 atom stereocenters. The minimum Gasteiger partial charge on any atom is -0.379 e. The van der Waals surface area contributed by atoms with Crippen LogP contribution < -0.4 is 5.32 Å². The van der Waals surface area contributed by atoms with Crippen LogP contribution in [0, 0.1) is 33.3 Å². The molecular formula is C16H21N3O3. The minimum atomic E-state index is -0.430. The normalized spacial score (nSPS) is 21.4. The molecule has 1 fully saturated rings. The molecule has 1 N–H and O–H groups in total. The first-order valence-electron chi connectivity index (χ1n) is 7.57. The van der Waals surface area contributed by atoms with Gasteiger partial charge >= 0.3 is 0 Å². The monoisotopic (exact) mass is 303 g/mol. The van der Waals surface area contributed by atoms with E-state index in [0.717, 1.165) is 19.4 Å². The predicted molar refractivity (Wildman–Crippen MR) is 83.6 cm³/mol. The van der Waals surface area contributed by atoms with Crippen molar-refractivity contribution in [2.75, 3.05) is 18.5 Å². The molecular weight excluding hydrogens is 282 g/mol. The number of nitriles is 1. The van der Waals surface area contributed by atoms with E-state index in [1.807, 2.05) is 6.07 Å². The van der Waals surface area contributed by atoms with E-state index in [2.05, 4.69) is 19.2 Å². The Kier molecular flexibility index (Phi) is 5.34. The van der Waals surface area contributed by atoms with E-state index in [-0.39, 0.29) is 11.8 Å². The number of nitro groups is 1. The standard InChI is InChI=1S/C16H21N3O3/c1-11(2)16-13(4-3-7-22-16)10-18-14-8-12(9-17)5-6-15(14)19(20)21/h5-6,8,11,13,16,18H,3-4,7,10H2,1-2H3. The lowest BCUT2D eigenvalue weighted by atomic mass is 9.87. The number of hydrogen-bond donors (Lipinski definition) is 1. The number of nitrogens with one attached hydrogen (secondary N) is 1. The van der Waals surface area contributed by atoms with Crippen molar-refractivity contribution >= 4 is 11.4 Å². The van der Waals surface area contributed by atoms with Crippen molar-refractivity contribution in [2.24, 2.45) is 11.8 Å². The number of hydrogen-bond acceptors (Lipinski definition) is 5. The molecule has 0 aliphatic carbocycles. The fraction of sp³-hybridized carbons (Fsp3) is 0.562. The van der Waals surface area contributed by atoms with Gasteiger partial charge in [-0.25, -0.2) is 0 Å². The van der Waals surface area contributed by atoms with Crippen molar-refractivity contribution < 1.29 is 9.66 Å². The Bertz CT molecular complexity index is 580. The van der Waals surface area contributed by atoms with E-state index in [1.54, 1.807) is 0 Å². The summed E-state index contributed by atoms with van der Waals surface area (Å²) in [5, 5.41) is 23.2. The van der Waals surface area contributed by atoms with Crippen LogP contribution in [-0.2, 0) is 4.74 Å². The smallest absolute Gasteiger partial charge is 0.292 e. The van der Waals surface area contributed by atoms with Gasteiger partial charge in [-0.1, -0.05) is 13.8 Å². The summed E-state index contributed by atoms with van der Waals surface area (Å²) in [6.07, 6.45) is 2.22. The Morgan fingerprint density at radius 3 is 2.95 bits per heavy atom. The summed E-state index contributed by atoms with van der Waals surface area (Å²) in [5.74, 6) is 0.728. The summed E-state index contributed by atoms with van der Waals surface area (Å²) in [4.78, 5) is 10.7. The second-order valence-electron chi connectivity index (χ2n) is 5.96. The van der Waals surface area contributed by atoms with Crippen LogP contribution in [0.2, 0.25) is 0 Å². The van der Waals surface area contributed by atoms with Gasteiger partial charge < -0.3 is 10.1 Å². The van der Waals surface area contributed by atoms with Crippen LogP contribution in [0.4, 0.5) is 11.4 Å². The number of ether oxygens (including phenoxy) is 1. The highest BCUT2D eigenvalue weighted by atomic mass is 16.6. The van der Waals surface area contributed by atoms with Crippen LogP contribution in [0.3, 0.4) is 0 Å². The topological polar surface area (TPSA) is 88.2 Å². The zero-order valence-electron chi connectivity index (χ0n) is 12.9. The third-order valence-electron chi connectivity index (χ3n) is 4.03. The van der Waals surface area contributed by atoms with E-state index < -0.39 is 4.92 Å². The summed E-state index contributed by atoms with van der Waals surface area (Å²) in [6, 6.07) is 6.38. The summed E-state index contributed by atoms with van der Waals surface area (Å²) >= 11 is 0. The first kappa shape index (κ1) is 16.2. The Balaban J connectivity index is 2.13. The third-order valence-corrected chi connectivity index (χ3v) is 4.03. The fourth-order valence-electron chi connectivity index (χ4n) is 2.97. The largest absolute Gasteiger partial charge is 0.379 e. The van der Waals surface area contributed by atoms with E-state index in [1.165, 1.54) is 18.2 Å². The van der Waals surface area contributed by atoms with Gasteiger partial charge in [0.1, 0.15) is 5.69 Å². The third kappa shape index (κ3) is 3.74. The van der Waals surface area contributed by atoms with E-state index in [0.29, 0.717) is 29.6 Å². The SMILES string of the molecule is CC(C)C1OCCCC1CNc1cc(C#N)ccc1[N+](=O)[O-]. The van der Waals surface area contributed by atoms with Crippen LogP contribution in [0.1, 0.15) is 32.3 Å². The van der Waals surface area contributed by atoms with Gasteiger partial charge in [0.25, 0.3) is 5.69 Å². The summed E-state index contributed by atoms with van der Waals surface area (Å²) < 4.78 is 5.84. The van der Waals surface area contributed by atoms with Gasteiger partial charge in [0, 0.05) is 25.1 Å².